The molecule has 84 valence electrons. The van der Waals surface area contributed by atoms with Gasteiger partial charge in [-0.1, -0.05) is 6.07 Å². The van der Waals surface area contributed by atoms with Gasteiger partial charge in [0.25, 0.3) is 0 Å². The lowest BCUT2D eigenvalue weighted by atomic mass is 10.3. The maximum Gasteiger partial charge on any atom is 0.225 e. The Bertz CT molecular complexity index is 404. The molecule has 0 spiro atoms. The van der Waals surface area contributed by atoms with Gasteiger partial charge >= 0.3 is 0 Å². The summed E-state index contributed by atoms with van der Waals surface area (Å²) in [7, 11) is -1.86. The molecule has 1 rings (SSSR count). The van der Waals surface area contributed by atoms with Gasteiger partial charge in [0.05, 0.1) is 7.11 Å². The van der Waals surface area contributed by atoms with Gasteiger partial charge in [-0.25, -0.2) is 18.1 Å². The van der Waals surface area contributed by atoms with Crippen LogP contribution in [-0.2, 0) is 16.6 Å². The monoisotopic (exact) mass is 250 g/mol. The fourth-order valence-corrected chi connectivity index (χ4v) is 1.56. The molecule has 1 aromatic rings. The number of pyridine rings is 1. The molecule has 0 saturated heterocycles. The zero-order valence-electron chi connectivity index (χ0n) is 8.10. The molecule has 0 amide bonds. The number of hydrogen-bond acceptors (Lipinski definition) is 4. The minimum atomic E-state index is -3.38. The van der Waals surface area contributed by atoms with E-state index in [1.807, 2.05) is 0 Å². The maximum atomic E-state index is 11.0. The summed E-state index contributed by atoms with van der Waals surface area (Å²) < 4.78 is 29.2. The number of ether oxygens (including phenoxy) is 1. The molecular weight excluding hydrogens is 240 g/mol. The zero-order valence-corrected chi connectivity index (χ0v) is 9.68. The number of nitrogens with zero attached hydrogens (tertiary/aromatic N) is 1. The lowest BCUT2D eigenvalue weighted by Gasteiger charge is -2.04. The zero-order chi connectivity index (χ0) is 11.3. The van der Waals surface area contributed by atoms with Crippen molar-refractivity contribution in [2.24, 2.45) is 0 Å². The second-order valence-electron chi connectivity index (χ2n) is 2.75. The highest BCUT2D eigenvalue weighted by atomic mass is 35.5. The van der Waals surface area contributed by atoms with E-state index >= 15 is 0 Å². The second kappa shape index (κ2) is 5.29. The Morgan fingerprint density at radius 2 is 2.27 bits per heavy atom. The van der Waals surface area contributed by atoms with Crippen molar-refractivity contribution in [3.8, 4) is 5.88 Å². The number of methoxy groups -OCH3 is 1. The van der Waals surface area contributed by atoms with Gasteiger partial charge in [0.1, 0.15) is 5.21 Å². The predicted molar refractivity (Wildman–Crippen MR) is 57.3 cm³/mol. The number of alkyl halides is 1. The Labute approximate surface area is 93.5 Å². The highest BCUT2D eigenvalue weighted by Gasteiger charge is 2.07. The summed E-state index contributed by atoms with van der Waals surface area (Å²) >= 11 is 5.22. The molecule has 0 aliphatic heterocycles. The summed E-state index contributed by atoms with van der Waals surface area (Å²) in [6.07, 6.45) is 1.54. The molecule has 0 fully saturated rings. The molecule has 0 aromatic carbocycles. The van der Waals surface area contributed by atoms with Crippen molar-refractivity contribution in [1.82, 2.24) is 9.71 Å². The van der Waals surface area contributed by atoms with Crippen molar-refractivity contribution >= 4 is 21.6 Å². The number of hydrogen-bond donors (Lipinski definition) is 1. The molecule has 1 heterocycles. The van der Waals surface area contributed by atoms with E-state index in [1.165, 1.54) is 13.3 Å². The van der Waals surface area contributed by atoms with Crippen molar-refractivity contribution < 1.29 is 13.2 Å². The van der Waals surface area contributed by atoms with Crippen LogP contribution in [0.15, 0.2) is 18.3 Å². The number of halogens is 1. The van der Waals surface area contributed by atoms with Crippen LogP contribution in [0.2, 0.25) is 0 Å². The Balaban J connectivity index is 2.59. The highest BCUT2D eigenvalue weighted by Crippen LogP contribution is 2.06. The predicted octanol–water partition coefficient (Wildman–Crippen LogP) is 0.706. The van der Waals surface area contributed by atoms with Crippen molar-refractivity contribution in [2.75, 3.05) is 12.3 Å². The maximum absolute atomic E-state index is 11.0. The summed E-state index contributed by atoms with van der Waals surface area (Å²) in [6.45, 7) is 0.173. The lowest BCUT2D eigenvalue weighted by Crippen LogP contribution is -2.23. The number of aromatic nitrogens is 1. The van der Waals surface area contributed by atoms with Crippen LogP contribution in [0, 0.1) is 0 Å². The topological polar surface area (TPSA) is 68.3 Å². The van der Waals surface area contributed by atoms with Crippen LogP contribution in [0.1, 0.15) is 5.56 Å². The first kappa shape index (κ1) is 12.2. The van der Waals surface area contributed by atoms with Crippen LogP contribution in [-0.4, -0.2) is 25.7 Å². The van der Waals surface area contributed by atoms with Gasteiger partial charge in [-0.2, -0.15) is 0 Å². The van der Waals surface area contributed by atoms with Crippen LogP contribution in [0.4, 0.5) is 0 Å². The van der Waals surface area contributed by atoms with Crippen LogP contribution in [0.3, 0.4) is 0 Å². The molecule has 0 saturated carbocycles. The third-order valence-electron chi connectivity index (χ3n) is 1.65. The fraction of sp³-hybridized carbons (Fsp3) is 0.375. The number of rotatable bonds is 5. The van der Waals surface area contributed by atoms with E-state index in [-0.39, 0.29) is 6.54 Å². The van der Waals surface area contributed by atoms with Crippen molar-refractivity contribution in [1.29, 1.82) is 0 Å². The standard InChI is InChI=1S/C8H11ClN2O3S/c1-14-8-3-2-7(4-10-8)5-11-15(12,13)6-9/h2-4,11H,5-6H2,1H3. The first-order valence-electron chi connectivity index (χ1n) is 4.09. The Morgan fingerprint density at radius 3 is 2.73 bits per heavy atom. The molecule has 1 aromatic heterocycles. The fourth-order valence-electron chi connectivity index (χ4n) is 0.868. The van der Waals surface area contributed by atoms with E-state index in [4.69, 9.17) is 16.3 Å². The quantitative estimate of drug-likeness (QED) is 0.782. The lowest BCUT2D eigenvalue weighted by molar-refractivity contribution is 0.397. The highest BCUT2D eigenvalue weighted by molar-refractivity contribution is 7.90. The summed E-state index contributed by atoms with van der Waals surface area (Å²) in [5.74, 6) is 0.485. The second-order valence-corrected chi connectivity index (χ2v) is 5.14. The third-order valence-corrected chi connectivity index (χ3v) is 3.38. The van der Waals surface area contributed by atoms with E-state index in [1.54, 1.807) is 12.1 Å². The van der Waals surface area contributed by atoms with Gasteiger partial charge in [0.15, 0.2) is 0 Å². The van der Waals surface area contributed by atoms with Gasteiger partial charge in [-0.15, -0.1) is 11.6 Å². The molecule has 0 aliphatic carbocycles. The molecular formula is C8H11ClN2O3S. The van der Waals surface area contributed by atoms with Gasteiger partial charge < -0.3 is 4.74 Å². The van der Waals surface area contributed by atoms with Crippen molar-refractivity contribution in [3.63, 3.8) is 0 Å². The molecule has 0 bridgehead atoms. The average Bonchev–Trinajstić information content (AvgIpc) is 2.27. The SMILES string of the molecule is COc1ccc(CNS(=O)(=O)CCl)cn1. The van der Waals surface area contributed by atoms with Crippen LogP contribution >= 0.6 is 11.6 Å². The van der Waals surface area contributed by atoms with Gasteiger partial charge in [-0.05, 0) is 5.56 Å². The van der Waals surface area contributed by atoms with Crippen molar-refractivity contribution in [3.05, 3.63) is 23.9 Å². The first-order chi connectivity index (χ1) is 7.07. The largest absolute Gasteiger partial charge is 0.481 e. The van der Waals surface area contributed by atoms with Gasteiger partial charge in [0, 0.05) is 18.8 Å². The summed E-state index contributed by atoms with van der Waals surface area (Å²) in [5, 5.41) is -0.448. The van der Waals surface area contributed by atoms with Crippen LogP contribution in [0.25, 0.3) is 0 Å². The van der Waals surface area contributed by atoms with E-state index in [9.17, 15) is 8.42 Å². The van der Waals surface area contributed by atoms with E-state index in [2.05, 4.69) is 9.71 Å². The van der Waals surface area contributed by atoms with Crippen LogP contribution < -0.4 is 9.46 Å². The number of sulfonamides is 1. The Morgan fingerprint density at radius 1 is 1.53 bits per heavy atom. The minimum Gasteiger partial charge on any atom is -0.481 e. The normalized spacial score (nSPS) is 11.3. The summed E-state index contributed by atoms with van der Waals surface area (Å²) in [5.41, 5.74) is 0.740. The van der Waals surface area contributed by atoms with E-state index in [0.29, 0.717) is 5.88 Å². The summed E-state index contributed by atoms with van der Waals surface area (Å²) in [6, 6.07) is 3.38. The third kappa shape index (κ3) is 4.03. The smallest absolute Gasteiger partial charge is 0.225 e. The van der Waals surface area contributed by atoms with Crippen molar-refractivity contribution in [2.45, 2.75) is 6.54 Å². The molecule has 0 atom stereocenters. The molecule has 1 N–H and O–H groups in total. The Hall–Kier alpha value is -0.850. The molecule has 15 heavy (non-hydrogen) atoms. The van der Waals surface area contributed by atoms with Gasteiger partial charge in [0.2, 0.25) is 15.9 Å². The first-order valence-corrected chi connectivity index (χ1v) is 6.28. The summed E-state index contributed by atoms with van der Waals surface area (Å²) in [4.78, 5) is 3.93. The molecule has 0 unspecified atom stereocenters. The van der Waals surface area contributed by atoms with Gasteiger partial charge in [-0.3, -0.25) is 0 Å². The molecule has 7 heteroatoms. The Kier molecular flexibility index (Phi) is 4.31. The van der Waals surface area contributed by atoms with E-state index < -0.39 is 15.2 Å². The molecule has 0 aliphatic rings. The number of nitrogens with one attached hydrogen (secondary N) is 1. The molecule has 0 radical (unpaired) electrons. The minimum absolute atomic E-state index is 0.173. The molecule has 5 nitrogen and oxygen atoms in total. The van der Waals surface area contributed by atoms with Crippen LogP contribution in [0.5, 0.6) is 5.88 Å². The van der Waals surface area contributed by atoms with E-state index in [0.717, 1.165) is 5.56 Å². The average molecular weight is 251 g/mol.